The summed E-state index contributed by atoms with van der Waals surface area (Å²) in [6.07, 6.45) is 4.58. The number of aliphatic carboxylic acids is 1. The van der Waals surface area contributed by atoms with Crippen molar-refractivity contribution in [3.8, 4) is 0 Å². The first kappa shape index (κ1) is 17.7. The molecule has 2 fully saturated rings. The lowest BCUT2D eigenvalue weighted by Gasteiger charge is -2.30. The fourth-order valence-electron chi connectivity index (χ4n) is 3.39. The minimum absolute atomic E-state index is 0.0398. The van der Waals surface area contributed by atoms with E-state index in [2.05, 4.69) is 0 Å². The third-order valence-electron chi connectivity index (χ3n) is 4.62. The zero-order valence-corrected chi connectivity index (χ0v) is 13.7. The number of carbonyl (C=O) groups excluding carboxylic acids is 2. The van der Waals surface area contributed by atoms with Crippen molar-refractivity contribution in [2.75, 3.05) is 26.2 Å². The van der Waals surface area contributed by atoms with Crippen molar-refractivity contribution in [3.63, 3.8) is 0 Å². The van der Waals surface area contributed by atoms with Gasteiger partial charge in [0.2, 0.25) is 5.91 Å². The number of carbonyl (C=O) groups is 3. The van der Waals surface area contributed by atoms with Crippen LogP contribution in [0.25, 0.3) is 0 Å². The Morgan fingerprint density at radius 1 is 1.13 bits per heavy atom. The molecular formula is C16H26N2O5. The molecule has 23 heavy (non-hydrogen) atoms. The van der Waals surface area contributed by atoms with Crippen molar-refractivity contribution in [1.29, 1.82) is 0 Å². The van der Waals surface area contributed by atoms with Crippen LogP contribution in [0, 0.1) is 0 Å². The van der Waals surface area contributed by atoms with Crippen LogP contribution in [0.4, 0.5) is 0 Å². The second-order valence-corrected chi connectivity index (χ2v) is 6.31. The maximum absolute atomic E-state index is 12.5. The monoisotopic (exact) mass is 326 g/mol. The van der Waals surface area contributed by atoms with Crippen molar-refractivity contribution in [3.05, 3.63) is 0 Å². The summed E-state index contributed by atoms with van der Waals surface area (Å²) in [6.45, 7) is 2.96. The molecule has 0 aromatic carbocycles. The average Bonchev–Trinajstić information content (AvgIpc) is 2.78. The van der Waals surface area contributed by atoms with E-state index < -0.39 is 5.97 Å². The summed E-state index contributed by atoms with van der Waals surface area (Å²) in [5.74, 6) is -1.20. The molecule has 2 aliphatic rings. The van der Waals surface area contributed by atoms with Gasteiger partial charge in [-0.2, -0.15) is 0 Å². The molecule has 2 atom stereocenters. The van der Waals surface area contributed by atoms with Gasteiger partial charge in [-0.3, -0.25) is 14.4 Å². The average molecular weight is 326 g/mol. The molecule has 2 saturated heterocycles. The van der Waals surface area contributed by atoms with Crippen molar-refractivity contribution in [1.82, 2.24) is 9.80 Å². The highest BCUT2D eigenvalue weighted by molar-refractivity contribution is 5.81. The van der Waals surface area contributed by atoms with Gasteiger partial charge in [-0.25, -0.2) is 0 Å². The van der Waals surface area contributed by atoms with Gasteiger partial charge in [-0.15, -0.1) is 0 Å². The summed E-state index contributed by atoms with van der Waals surface area (Å²) in [4.78, 5) is 38.4. The quantitative estimate of drug-likeness (QED) is 0.828. The van der Waals surface area contributed by atoms with E-state index >= 15 is 0 Å². The van der Waals surface area contributed by atoms with Crippen LogP contribution in [0.3, 0.4) is 0 Å². The van der Waals surface area contributed by atoms with Crippen LogP contribution < -0.4 is 0 Å². The predicted molar refractivity (Wildman–Crippen MR) is 82.8 cm³/mol. The number of rotatable bonds is 4. The molecule has 2 aliphatic heterocycles. The Balaban J connectivity index is 1.93. The molecule has 7 heteroatoms. The molecule has 0 bridgehead atoms. The van der Waals surface area contributed by atoms with Crippen LogP contribution >= 0.6 is 0 Å². The van der Waals surface area contributed by atoms with Crippen LogP contribution in [0.15, 0.2) is 0 Å². The molecule has 2 amide bonds. The molecule has 1 N–H and O–H groups in total. The molecular weight excluding hydrogens is 300 g/mol. The van der Waals surface area contributed by atoms with E-state index in [-0.39, 0.29) is 30.5 Å². The lowest BCUT2D eigenvalue weighted by Crippen LogP contribution is -2.44. The summed E-state index contributed by atoms with van der Waals surface area (Å²) in [5, 5.41) is 8.97. The predicted octanol–water partition coefficient (Wildman–Crippen LogP) is 0.870. The largest absolute Gasteiger partial charge is 0.480 e. The molecule has 0 saturated carbocycles. The van der Waals surface area contributed by atoms with E-state index in [9.17, 15) is 14.4 Å². The van der Waals surface area contributed by atoms with Gasteiger partial charge in [0.15, 0.2) is 0 Å². The van der Waals surface area contributed by atoms with Gasteiger partial charge in [0.25, 0.3) is 5.91 Å². The SMILES string of the molecule is CC(=O)N(CC(=O)O)C1CCCN(C(=O)C2CCCCO2)CC1. The van der Waals surface area contributed by atoms with Gasteiger partial charge in [0, 0.05) is 32.7 Å². The van der Waals surface area contributed by atoms with E-state index in [0.717, 1.165) is 32.1 Å². The van der Waals surface area contributed by atoms with Gasteiger partial charge < -0.3 is 19.6 Å². The normalized spacial score (nSPS) is 25.5. The van der Waals surface area contributed by atoms with E-state index in [1.54, 1.807) is 0 Å². The lowest BCUT2D eigenvalue weighted by molar-refractivity contribution is -0.147. The molecule has 0 radical (unpaired) electrons. The summed E-state index contributed by atoms with van der Waals surface area (Å²) in [5.41, 5.74) is 0. The summed E-state index contributed by atoms with van der Waals surface area (Å²) >= 11 is 0. The molecule has 2 unspecified atom stereocenters. The highest BCUT2D eigenvalue weighted by Gasteiger charge is 2.31. The number of hydrogen-bond donors (Lipinski definition) is 1. The maximum Gasteiger partial charge on any atom is 0.323 e. The molecule has 0 aromatic rings. The lowest BCUT2D eigenvalue weighted by atomic mass is 10.1. The van der Waals surface area contributed by atoms with Gasteiger partial charge in [0.05, 0.1) is 0 Å². The van der Waals surface area contributed by atoms with Crippen LogP contribution in [-0.4, -0.2) is 71.1 Å². The summed E-state index contributed by atoms with van der Waals surface area (Å²) < 4.78 is 5.57. The topological polar surface area (TPSA) is 87.2 Å². The molecule has 0 aromatic heterocycles. The molecule has 0 spiro atoms. The number of nitrogens with zero attached hydrogens (tertiary/aromatic N) is 2. The Kier molecular flexibility index (Phi) is 6.38. The number of carboxylic acid groups (broad SMARTS) is 1. The van der Waals surface area contributed by atoms with E-state index in [1.165, 1.54) is 11.8 Å². The highest BCUT2D eigenvalue weighted by atomic mass is 16.5. The zero-order valence-electron chi connectivity index (χ0n) is 13.7. The fraction of sp³-hybridized carbons (Fsp3) is 0.812. The summed E-state index contributed by atoms with van der Waals surface area (Å²) in [7, 11) is 0. The first-order valence-corrected chi connectivity index (χ1v) is 8.38. The van der Waals surface area contributed by atoms with E-state index in [0.29, 0.717) is 26.1 Å². The second kappa shape index (κ2) is 8.29. The molecule has 2 heterocycles. The minimum Gasteiger partial charge on any atom is -0.480 e. The molecule has 130 valence electrons. The molecule has 0 aliphatic carbocycles. The summed E-state index contributed by atoms with van der Waals surface area (Å²) in [6, 6.07) is -0.117. The van der Waals surface area contributed by atoms with Crippen LogP contribution in [0.1, 0.15) is 45.4 Å². The fourth-order valence-corrected chi connectivity index (χ4v) is 3.39. The standard InChI is InChI=1S/C16H26N2O5/c1-12(19)18(11-15(20)21)13-5-4-8-17(9-7-13)16(22)14-6-2-3-10-23-14/h13-14H,2-11H2,1H3,(H,20,21). The van der Waals surface area contributed by atoms with Crippen LogP contribution in [0.2, 0.25) is 0 Å². The van der Waals surface area contributed by atoms with E-state index in [1.807, 2.05) is 4.90 Å². The smallest absolute Gasteiger partial charge is 0.323 e. The number of ether oxygens (including phenoxy) is 1. The Hall–Kier alpha value is -1.63. The van der Waals surface area contributed by atoms with Gasteiger partial charge >= 0.3 is 5.97 Å². The Bertz CT molecular complexity index is 448. The Morgan fingerprint density at radius 3 is 2.52 bits per heavy atom. The van der Waals surface area contributed by atoms with Gasteiger partial charge in [0.1, 0.15) is 12.6 Å². The Morgan fingerprint density at radius 2 is 1.91 bits per heavy atom. The van der Waals surface area contributed by atoms with Crippen molar-refractivity contribution < 1.29 is 24.2 Å². The van der Waals surface area contributed by atoms with Crippen molar-refractivity contribution in [2.45, 2.75) is 57.6 Å². The Labute approximate surface area is 136 Å². The first-order valence-electron chi connectivity index (χ1n) is 8.38. The van der Waals surface area contributed by atoms with Gasteiger partial charge in [-0.1, -0.05) is 0 Å². The van der Waals surface area contributed by atoms with Crippen LogP contribution in [-0.2, 0) is 19.1 Å². The molecule has 7 nitrogen and oxygen atoms in total. The first-order chi connectivity index (χ1) is 11.0. The highest BCUT2D eigenvalue weighted by Crippen LogP contribution is 2.20. The third-order valence-corrected chi connectivity index (χ3v) is 4.62. The number of amides is 2. The van der Waals surface area contributed by atoms with Crippen LogP contribution in [0.5, 0.6) is 0 Å². The third kappa shape index (κ3) is 4.92. The van der Waals surface area contributed by atoms with Crippen molar-refractivity contribution >= 4 is 17.8 Å². The van der Waals surface area contributed by atoms with Crippen molar-refractivity contribution in [2.24, 2.45) is 0 Å². The number of carboxylic acids is 1. The maximum atomic E-state index is 12.5. The molecule has 2 rings (SSSR count). The second-order valence-electron chi connectivity index (χ2n) is 6.31. The number of hydrogen-bond acceptors (Lipinski definition) is 4. The van der Waals surface area contributed by atoms with E-state index in [4.69, 9.17) is 9.84 Å². The van der Waals surface area contributed by atoms with Gasteiger partial charge in [-0.05, 0) is 38.5 Å². The zero-order chi connectivity index (χ0) is 16.8. The number of likely N-dealkylation sites (tertiary alicyclic amines) is 1. The minimum atomic E-state index is -1.01.